The molecule has 0 fully saturated rings. The van der Waals surface area contributed by atoms with Gasteiger partial charge in [-0.3, -0.25) is 14.1 Å². The molecule has 8 heteroatoms. The largest absolute Gasteiger partial charge is 0.364 e. The third-order valence-electron chi connectivity index (χ3n) is 5.44. The molecule has 3 aromatic heterocycles. The number of benzene rings is 1. The lowest BCUT2D eigenvalue weighted by Crippen LogP contribution is -2.31. The number of hydrogen-bond acceptors (Lipinski definition) is 6. The monoisotopic (exact) mass is 423 g/mol. The van der Waals surface area contributed by atoms with E-state index in [0.717, 1.165) is 22.8 Å². The smallest absolute Gasteiger partial charge is 0.274 e. The van der Waals surface area contributed by atoms with E-state index in [0.29, 0.717) is 18.8 Å². The highest BCUT2D eigenvalue weighted by atomic mass is 32.1. The normalized spacial score (nSPS) is 12.5. The van der Waals surface area contributed by atoms with Crippen molar-refractivity contribution in [2.45, 2.75) is 25.9 Å². The maximum atomic E-state index is 13.2. The van der Waals surface area contributed by atoms with Crippen LogP contribution in [0.2, 0.25) is 0 Å². The van der Waals surface area contributed by atoms with Gasteiger partial charge in [0.1, 0.15) is 12.0 Å². The lowest BCUT2D eigenvalue weighted by Gasteiger charge is -2.23. The molecule has 7 nitrogen and oxygen atoms in total. The molecule has 1 aromatic carbocycles. The van der Waals surface area contributed by atoms with E-state index in [1.54, 1.807) is 11.2 Å². The van der Waals surface area contributed by atoms with Crippen LogP contribution in [0.1, 0.15) is 40.4 Å². The van der Waals surface area contributed by atoms with Crippen molar-refractivity contribution in [3.63, 3.8) is 0 Å². The number of fused-ring (bicyclic) bond motifs is 1. The van der Waals surface area contributed by atoms with Gasteiger partial charge in [0, 0.05) is 37.8 Å². The first-order chi connectivity index (χ1) is 14.5. The van der Waals surface area contributed by atoms with Gasteiger partial charge in [-0.05, 0) is 26.0 Å². The van der Waals surface area contributed by atoms with Gasteiger partial charge in [-0.2, -0.15) is 0 Å². The Kier molecular flexibility index (Phi) is 5.96. The summed E-state index contributed by atoms with van der Waals surface area (Å²) in [6.07, 6.45) is 4.35. The van der Waals surface area contributed by atoms with Crippen LogP contribution in [0.4, 0.5) is 0 Å². The zero-order valence-electron chi connectivity index (χ0n) is 17.4. The van der Waals surface area contributed by atoms with Crippen molar-refractivity contribution in [1.82, 2.24) is 24.3 Å². The minimum absolute atomic E-state index is 0.0479. The number of carbonyl (C=O) groups excluding carboxylic acids is 1. The van der Waals surface area contributed by atoms with E-state index in [1.807, 2.05) is 54.3 Å². The van der Waals surface area contributed by atoms with Gasteiger partial charge in [0.15, 0.2) is 10.7 Å². The number of imidazole rings is 1. The van der Waals surface area contributed by atoms with Crippen LogP contribution in [0.25, 0.3) is 4.96 Å². The number of aromatic nitrogens is 3. The Bertz CT molecular complexity index is 1100. The number of rotatable bonds is 8. The van der Waals surface area contributed by atoms with Crippen molar-refractivity contribution in [3.8, 4) is 0 Å². The molecule has 0 aliphatic rings. The molecule has 0 bridgehead atoms. The summed E-state index contributed by atoms with van der Waals surface area (Å²) in [6, 6.07) is 12.1. The van der Waals surface area contributed by atoms with Crippen molar-refractivity contribution >= 4 is 22.2 Å². The Morgan fingerprint density at radius 2 is 2.03 bits per heavy atom. The first-order valence-corrected chi connectivity index (χ1v) is 10.8. The Morgan fingerprint density at radius 3 is 2.77 bits per heavy atom. The van der Waals surface area contributed by atoms with Crippen molar-refractivity contribution in [3.05, 3.63) is 76.9 Å². The van der Waals surface area contributed by atoms with E-state index >= 15 is 0 Å². The van der Waals surface area contributed by atoms with Crippen LogP contribution in [0.15, 0.2) is 58.8 Å². The molecule has 4 rings (SSSR count). The highest BCUT2D eigenvalue weighted by molar-refractivity contribution is 7.15. The van der Waals surface area contributed by atoms with Crippen LogP contribution in [0, 0.1) is 0 Å². The number of hydrogen-bond donors (Lipinski definition) is 0. The maximum Gasteiger partial charge on any atom is 0.274 e. The van der Waals surface area contributed by atoms with Crippen LogP contribution in [-0.2, 0) is 13.0 Å². The van der Waals surface area contributed by atoms with Gasteiger partial charge in [0.2, 0.25) is 0 Å². The van der Waals surface area contributed by atoms with Gasteiger partial charge in [-0.25, -0.2) is 4.98 Å². The van der Waals surface area contributed by atoms with E-state index in [2.05, 4.69) is 34.1 Å². The van der Waals surface area contributed by atoms with E-state index < -0.39 is 0 Å². The van der Waals surface area contributed by atoms with Crippen LogP contribution < -0.4 is 0 Å². The molecule has 0 saturated heterocycles. The SMILES string of the molecule is C[C@H](c1ccon1)N(C)Cc1c(C(=O)N(C)CCc2ccccc2)nc2sccn12. The van der Waals surface area contributed by atoms with Crippen LogP contribution in [-0.4, -0.2) is 50.9 Å². The molecule has 30 heavy (non-hydrogen) atoms. The standard InChI is InChI=1S/C22H25N5O2S/c1-16(18-10-13-29-24-18)26(3)15-19-20(23-22-27(19)12-14-30-22)21(28)25(2)11-9-17-7-5-4-6-8-17/h4-8,10,12-14,16H,9,11,15H2,1-3H3/t16-/m1/s1. The van der Waals surface area contributed by atoms with E-state index in [4.69, 9.17) is 4.52 Å². The first-order valence-electron chi connectivity index (χ1n) is 9.89. The molecule has 3 heterocycles. The van der Waals surface area contributed by atoms with Gasteiger partial charge in [-0.15, -0.1) is 11.3 Å². The third-order valence-corrected chi connectivity index (χ3v) is 6.19. The Hall–Kier alpha value is -2.97. The van der Waals surface area contributed by atoms with Crippen molar-refractivity contribution in [2.24, 2.45) is 0 Å². The summed E-state index contributed by atoms with van der Waals surface area (Å²) in [5.74, 6) is -0.0562. The van der Waals surface area contributed by atoms with E-state index in [-0.39, 0.29) is 11.9 Å². The average molecular weight is 424 g/mol. The van der Waals surface area contributed by atoms with Gasteiger partial charge in [0.25, 0.3) is 5.91 Å². The third kappa shape index (κ3) is 4.15. The summed E-state index contributed by atoms with van der Waals surface area (Å²) in [4.78, 5) is 22.6. The fourth-order valence-electron chi connectivity index (χ4n) is 3.42. The number of nitrogens with zero attached hydrogens (tertiary/aromatic N) is 5. The molecular formula is C22H25N5O2S. The molecule has 0 unspecified atom stereocenters. The fourth-order valence-corrected chi connectivity index (χ4v) is 4.15. The predicted molar refractivity (Wildman–Crippen MR) is 117 cm³/mol. The molecule has 0 N–H and O–H groups in total. The highest BCUT2D eigenvalue weighted by Gasteiger charge is 2.25. The molecular weight excluding hydrogens is 398 g/mol. The summed E-state index contributed by atoms with van der Waals surface area (Å²) >= 11 is 1.53. The van der Waals surface area contributed by atoms with Crippen molar-refractivity contribution in [2.75, 3.05) is 20.6 Å². The van der Waals surface area contributed by atoms with Gasteiger partial charge < -0.3 is 9.42 Å². The summed E-state index contributed by atoms with van der Waals surface area (Å²) in [7, 11) is 3.85. The molecule has 4 aromatic rings. The molecule has 0 spiro atoms. The van der Waals surface area contributed by atoms with Gasteiger partial charge in [0.05, 0.1) is 11.7 Å². The van der Waals surface area contributed by atoms with Gasteiger partial charge in [-0.1, -0.05) is 35.5 Å². The lowest BCUT2D eigenvalue weighted by molar-refractivity contribution is 0.0788. The topological polar surface area (TPSA) is 66.9 Å². The molecule has 0 aliphatic heterocycles. The number of amides is 1. The summed E-state index contributed by atoms with van der Waals surface area (Å²) < 4.78 is 6.99. The minimum atomic E-state index is -0.0562. The highest BCUT2D eigenvalue weighted by Crippen LogP contribution is 2.24. The second kappa shape index (κ2) is 8.81. The van der Waals surface area contributed by atoms with Gasteiger partial charge >= 0.3 is 0 Å². The van der Waals surface area contributed by atoms with Crippen molar-refractivity contribution < 1.29 is 9.32 Å². The van der Waals surface area contributed by atoms with Crippen LogP contribution in [0.3, 0.4) is 0 Å². The number of likely N-dealkylation sites (N-methyl/N-ethyl adjacent to an activating group) is 1. The molecule has 1 atom stereocenters. The summed E-state index contributed by atoms with van der Waals surface area (Å²) in [6.45, 7) is 3.27. The van der Waals surface area contributed by atoms with E-state index in [1.165, 1.54) is 16.9 Å². The lowest BCUT2D eigenvalue weighted by atomic mass is 10.1. The summed E-state index contributed by atoms with van der Waals surface area (Å²) in [5, 5.41) is 6.03. The quantitative estimate of drug-likeness (QED) is 0.430. The zero-order valence-corrected chi connectivity index (χ0v) is 18.2. The average Bonchev–Trinajstić information content (AvgIpc) is 3.50. The van der Waals surface area contributed by atoms with Crippen molar-refractivity contribution in [1.29, 1.82) is 0 Å². The Morgan fingerprint density at radius 1 is 1.23 bits per heavy atom. The summed E-state index contributed by atoms with van der Waals surface area (Å²) in [5.41, 5.74) is 3.47. The van der Waals surface area contributed by atoms with Crippen LogP contribution >= 0.6 is 11.3 Å². The second-order valence-electron chi connectivity index (χ2n) is 7.44. The predicted octanol–water partition coefficient (Wildman–Crippen LogP) is 3.89. The fraction of sp³-hybridized carbons (Fsp3) is 0.318. The Balaban J connectivity index is 1.53. The van der Waals surface area contributed by atoms with Crippen LogP contribution in [0.5, 0.6) is 0 Å². The zero-order chi connectivity index (χ0) is 21.1. The molecule has 0 saturated carbocycles. The second-order valence-corrected chi connectivity index (χ2v) is 8.31. The molecule has 1 amide bonds. The minimum Gasteiger partial charge on any atom is -0.364 e. The molecule has 0 aliphatic carbocycles. The Labute approximate surface area is 179 Å². The molecule has 156 valence electrons. The first kappa shape index (κ1) is 20.3. The number of thiazole rings is 1. The molecule has 0 radical (unpaired) electrons. The van der Waals surface area contributed by atoms with E-state index in [9.17, 15) is 4.79 Å². The number of carbonyl (C=O) groups is 1. The maximum absolute atomic E-state index is 13.2.